The Balaban J connectivity index is 2.35. The van der Waals surface area contributed by atoms with Gasteiger partial charge in [0.2, 0.25) is 0 Å². The minimum atomic E-state index is -1.82. The number of carbonyl (C=O) groups is 1. The van der Waals surface area contributed by atoms with Crippen molar-refractivity contribution in [1.29, 1.82) is 0 Å². The number of alkyl halides is 1. The van der Waals surface area contributed by atoms with Gasteiger partial charge in [0.1, 0.15) is 5.41 Å². The van der Waals surface area contributed by atoms with E-state index in [4.69, 9.17) is 10.8 Å². The maximum Gasteiger partial charge on any atom is 0.314 e. The van der Waals surface area contributed by atoms with Gasteiger partial charge >= 0.3 is 5.97 Å². The number of nitrogens with two attached hydrogens (primary N) is 1. The zero-order chi connectivity index (χ0) is 10.4. The molecule has 1 saturated carbocycles. The Hall–Kier alpha value is -1.38. The summed E-state index contributed by atoms with van der Waals surface area (Å²) in [6.07, 6.45) is 4.70. The Bertz CT molecular complexity index is 395. The van der Waals surface area contributed by atoms with Gasteiger partial charge in [-0.2, -0.15) is 0 Å². The molecule has 2 aliphatic rings. The number of allylic oxidation sites excluding steroid dienone is 3. The Kier molecular flexibility index (Phi) is 1.68. The molecule has 0 aliphatic heterocycles. The molecule has 1 fully saturated rings. The lowest BCUT2D eigenvalue weighted by Gasteiger charge is -2.12. The molecule has 0 amide bonds. The van der Waals surface area contributed by atoms with E-state index in [-0.39, 0.29) is 13.0 Å². The lowest BCUT2D eigenvalue weighted by Crippen LogP contribution is -2.33. The molecule has 0 bridgehead atoms. The molecule has 0 aromatic heterocycles. The Morgan fingerprint density at radius 2 is 2.50 bits per heavy atom. The van der Waals surface area contributed by atoms with Crippen molar-refractivity contribution in [3.8, 4) is 0 Å². The van der Waals surface area contributed by atoms with Crippen LogP contribution < -0.4 is 5.73 Å². The van der Waals surface area contributed by atoms with Gasteiger partial charge in [0.15, 0.2) is 5.67 Å². The topological polar surface area (TPSA) is 63.3 Å². The van der Waals surface area contributed by atoms with Gasteiger partial charge in [-0.3, -0.25) is 4.79 Å². The third-order valence-corrected chi connectivity index (χ3v) is 2.96. The fraction of sp³-hybridized carbons (Fsp3) is 0.400. The second kappa shape index (κ2) is 2.56. The van der Waals surface area contributed by atoms with E-state index in [1.807, 2.05) is 0 Å². The van der Waals surface area contributed by atoms with Crippen molar-refractivity contribution in [3.05, 3.63) is 29.5 Å². The SMILES string of the molecule is NCC1(C(=O)O)CC1(F)C1=C=CC=C1. The monoisotopic (exact) mass is 195 g/mol. The van der Waals surface area contributed by atoms with Crippen LogP contribution in [0.2, 0.25) is 0 Å². The fourth-order valence-corrected chi connectivity index (χ4v) is 1.87. The molecule has 0 heterocycles. The summed E-state index contributed by atoms with van der Waals surface area (Å²) in [6.45, 7) is -0.183. The highest BCUT2D eigenvalue weighted by molar-refractivity contribution is 5.83. The first-order valence-corrected chi connectivity index (χ1v) is 4.33. The largest absolute Gasteiger partial charge is 0.481 e. The van der Waals surface area contributed by atoms with Gasteiger partial charge < -0.3 is 10.8 Å². The average Bonchev–Trinajstić information content (AvgIpc) is 2.59. The van der Waals surface area contributed by atoms with E-state index < -0.39 is 17.1 Å². The summed E-state index contributed by atoms with van der Waals surface area (Å²) in [5, 5.41) is 8.90. The first kappa shape index (κ1) is 9.19. The quantitative estimate of drug-likeness (QED) is 0.654. The molecule has 0 saturated heterocycles. The molecule has 2 rings (SSSR count). The number of hydrogen-bond donors (Lipinski definition) is 2. The molecule has 2 atom stereocenters. The van der Waals surface area contributed by atoms with Crippen molar-refractivity contribution in [2.24, 2.45) is 11.1 Å². The highest BCUT2D eigenvalue weighted by Crippen LogP contribution is 2.63. The summed E-state index contributed by atoms with van der Waals surface area (Å²) in [5.41, 5.74) is 5.05. The normalized spacial score (nSPS) is 38.6. The predicted molar refractivity (Wildman–Crippen MR) is 48.3 cm³/mol. The third kappa shape index (κ3) is 0.870. The van der Waals surface area contributed by atoms with E-state index in [2.05, 4.69) is 5.73 Å². The first-order chi connectivity index (χ1) is 6.57. The number of rotatable bonds is 3. The highest BCUT2D eigenvalue weighted by Gasteiger charge is 2.75. The summed E-state index contributed by atoms with van der Waals surface area (Å²) < 4.78 is 14.1. The van der Waals surface area contributed by atoms with Gasteiger partial charge in [0.05, 0.1) is 0 Å². The average molecular weight is 195 g/mol. The van der Waals surface area contributed by atoms with Crippen LogP contribution in [0, 0.1) is 5.41 Å². The van der Waals surface area contributed by atoms with E-state index in [1.54, 1.807) is 18.2 Å². The fourth-order valence-electron chi connectivity index (χ4n) is 1.87. The zero-order valence-corrected chi connectivity index (χ0v) is 7.46. The lowest BCUT2D eigenvalue weighted by atomic mass is 9.98. The molecule has 0 radical (unpaired) electrons. The maximum absolute atomic E-state index is 14.1. The van der Waals surface area contributed by atoms with Gasteiger partial charge in [0.25, 0.3) is 0 Å². The standard InChI is InChI=1S/C10H10FNO2/c11-10(7-3-1-2-4-7)5-9(10,6-12)8(13)14/h1-3H,5-6,12H2,(H,13,14). The molecular formula is C10H10FNO2. The van der Waals surface area contributed by atoms with Crippen LogP contribution in [0.1, 0.15) is 6.42 Å². The molecule has 3 N–H and O–H groups in total. The second-order valence-electron chi connectivity index (χ2n) is 3.65. The minimum absolute atomic E-state index is 0.0493. The molecule has 2 aliphatic carbocycles. The molecule has 3 nitrogen and oxygen atoms in total. The van der Waals surface area contributed by atoms with E-state index in [9.17, 15) is 9.18 Å². The van der Waals surface area contributed by atoms with Crippen molar-refractivity contribution in [3.63, 3.8) is 0 Å². The molecule has 0 spiro atoms. The van der Waals surface area contributed by atoms with Gasteiger partial charge in [-0.1, -0.05) is 6.08 Å². The van der Waals surface area contributed by atoms with Crippen LogP contribution >= 0.6 is 0 Å². The van der Waals surface area contributed by atoms with Gasteiger partial charge in [-0.15, -0.1) is 5.73 Å². The van der Waals surface area contributed by atoms with Gasteiger partial charge in [-0.25, -0.2) is 4.39 Å². The van der Waals surface area contributed by atoms with Crippen molar-refractivity contribution in [1.82, 2.24) is 0 Å². The molecule has 4 heteroatoms. The highest BCUT2D eigenvalue weighted by atomic mass is 19.1. The van der Waals surface area contributed by atoms with Crippen molar-refractivity contribution in [2.45, 2.75) is 12.1 Å². The van der Waals surface area contributed by atoms with Crippen molar-refractivity contribution in [2.75, 3.05) is 6.54 Å². The summed E-state index contributed by atoms with van der Waals surface area (Å²) in [7, 11) is 0. The molecule has 0 aromatic carbocycles. The third-order valence-electron chi connectivity index (χ3n) is 2.96. The summed E-state index contributed by atoms with van der Waals surface area (Å²) in [4.78, 5) is 10.9. The molecule has 74 valence electrons. The molecule has 14 heavy (non-hydrogen) atoms. The summed E-state index contributed by atoms with van der Waals surface area (Å²) in [5.74, 6) is -1.17. The number of carboxylic acids is 1. The lowest BCUT2D eigenvalue weighted by molar-refractivity contribution is -0.144. The number of hydrogen-bond acceptors (Lipinski definition) is 2. The predicted octanol–water partition coefficient (Wildman–Crippen LogP) is 0.779. The van der Waals surface area contributed by atoms with E-state index in [1.165, 1.54) is 0 Å². The smallest absolute Gasteiger partial charge is 0.314 e. The van der Waals surface area contributed by atoms with Gasteiger partial charge in [0, 0.05) is 18.5 Å². The molecular weight excluding hydrogens is 185 g/mol. The van der Waals surface area contributed by atoms with Crippen LogP contribution in [0.15, 0.2) is 29.5 Å². The van der Waals surface area contributed by atoms with Crippen LogP contribution in [0.4, 0.5) is 4.39 Å². The zero-order valence-electron chi connectivity index (χ0n) is 7.46. The molecule has 2 unspecified atom stereocenters. The van der Waals surface area contributed by atoms with Gasteiger partial charge in [-0.05, 0) is 12.2 Å². The van der Waals surface area contributed by atoms with Crippen LogP contribution in [0.5, 0.6) is 0 Å². The number of aliphatic carboxylic acids is 1. The Morgan fingerprint density at radius 1 is 1.79 bits per heavy atom. The molecule has 0 aromatic rings. The van der Waals surface area contributed by atoms with Crippen LogP contribution in [-0.2, 0) is 4.79 Å². The first-order valence-electron chi connectivity index (χ1n) is 4.33. The number of halogens is 1. The van der Waals surface area contributed by atoms with E-state index in [0.717, 1.165) is 0 Å². The van der Waals surface area contributed by atoms with Crippen molar-refractivity contribution >= 4 is 5.97 Å². The minimum Gasteiger partial charge on any atom is -0.481 e. The van der Waals surface area contributed by atoms with Crippen molar-refractivity contribution < 1.29 is 14.3 Å². The second-order valence-corrected chi connectivity index (χ2v) is 3.65. The van der Waals surface area contributed by atoms with Crippen LogP contribution in [0.3, 0.4) is 0 Å². The maximum atomic E-state index is 14.1. The Labute approximate surface area is 80.4 Å². The van der Waals surface area contributed by atoms with E-state index >= 15 is 0 Å². The van der Waals surface area contributed by atoms with Crippen LogP contribution in [-0.4, -0.2) is 23.3 Å². The van der Waals surface area contributed by atoms with E-state index in [0.29, 0.717) is 5.57 Å². The van der Waals surface area contributed by atoms with Crippen LogP contribution in [0.25, 0.3) is 0 Å². The summed E-state index contributed by atoms with van der Waals surface area (Å²) >= 11 is 0. The number of carboxylic acid groups (broad SMARTS) is 1. The summed E-state index contributed by atoms with van der Waals surface area (Å²) in [6, 6.07) is 0. The Morgan fingerprint density at radius 3 is 2.86 bits per heavy atom.